The molecule has 30 heavy (non-hydrogen) atoms. The topological polar surface area (TPSA) is 62.6 Å². The summed E-state index contributed by atoms with van der Waals surface area (Å²) in [5.74, 6) is 0. The van der Waals surface area contributed by atoms with Gasteiger partial charge in [-0.2, -0.15) is 0 Å². The van der Waals surface area contributed by atoms with Crippen LogP contribution in [-0.2, 0) is 4.84 Å². The summed E-state index contributed by atoms with van der Waals surface area (Å²) in [5, 5.41) is 5.66. The minimum absolute atomic E-state index is 0.0357. The van der Waals surface area contributed by atoms with Gasteiger partial charge in [0.2, 0.25) is 0 Å². The number of nitrogens with zero attached hydrogens (tertiary/aromatic N) is 3. The van der Waals surface area contributed by atoms with Crippen molar-refractivity contribution in [3.63, 3.8) is 0 Å². The molecule has 2 aliphatic rings. The molecule has 3 heterocycles. The van der Waals surface area contributed by atoms with Crippen molar-refractivity contribution in [1.29, 1.82) is 0 Å². The quantitative estimate of drug-likeness (QED) is 0.628. The van der Waals surface area contributed by atoms with Gasteiger partial charge < -0.3 is 9.82 Å². The Balaban J connectivity index is 1.20. The number of oxime groups is 1. The fourth-order valence-corrected chi connectivity index (χ4v) is 4.73. The molecule has 6 nitrogen and oxygen atoms in total. The zero-order valence-corrected chi connectivity index (χ0v) is 17.9. The van der Waals surface area contributed by atoms with Crippen LogP contribution < -0.4 is 5.69 Å². The molecule has 0 radical (unpaired) electrons. The molecule has 1 fully saturated rings. The van der Waals surface area contributed by atoms with E-state index in [4.69, 9.17) is 28.0 Å². The van der Waals surface area contributed by atoms with E-state index in [-0.39, 0.29) is 17.8 Å². The number of likely N-dealkylation sites (tertiary alicyclic amines) is 1. The highest BCUT2D eigenvalue weighted by Crippen LogP contribution is 2.30. The standard InChI is InChI=1S/C22H22Cl2N4O2/c23-15-3-1-14(2-4-15)21-12-17(26-30-21)13-27-9-7-18(8-10-27)28-20-6-5-16(24)11-19(20)25-22(28)29/h1-6,11,18,21H,7-10,12-13H2,(H,25,29). The Morgan fingerprint density at radius 1 is 1.07 bits per heavy atom. The number of fused-ring (bicyclic) bond motifs is 1. The Kier molecular flexibility index (Phi) is 5.31. The first-order chi connectivity index (χ1) is 14.6. The van der Waals surface area contributed by atoms with Crippen LogP contribution in [-0.4, -0.2) is 39.8 Å². The number of imidazole rings is 1. The van der Waals surface area contributed by atoms with Gasteiger partial charge in [-0.15, -0.1) is 0 Å². The molecule has 1 atom stereocenters. The summed E-state index contributed by atoms with van der Waals surface area (Å²) >= 11 is 12.0. The van der Waals surface area contributed by atoms with Crippen molar-refractivity contribution in [2.45, 2.75) is 31.4 Å². The van der Waals surface area contributed by atoms with Gasteiger partial charge in [-0.25, -0.2) is 4.79 Å². The van der Waals surface area contributed by atoms with Crippen LogP contribution in [0.1, 0.15) is 37.0 Å². The molecule has 1 N–H and O–H groups in total. The first-order valence-corrected chi connectivity index (χ1v) is 10.9. The van der Waals surface area contributed by atoms with E-state index < -0.39 is 0 Å². The van der Waals surface area contributed by atoms with Crippen molar-refractivity contribution in [2.24, 2.45) is 5.16 Å². The average Bonchev–Trinajstić information content (AvgIpc) is 3.32. The average molecular weight is 445 g/mol. The van der Waals surface area contributed by atoms with Gasteiger partial charge in [-0.1, -0.05) is 40.5 Å². The van der Waals surface area contributed by atoms with Crippen molar-refractivity contribution < 1.29 is 4.84 Å². The van der Waals surface area contributed by atoms with Gasteiger partial charge in [0.1, 0.15) is 0 Å². The van der Waals surface area contributed by atoms with Crippen LogP contribution in [0.4, 0.5) is 0 Å². The maximum Gasteiger partial charge on any atom is 0.326 e. The largest absolute Gasteiger partial charge is 0.387 e. The molecule has 2 aromatic carbocycles. The van der Waals surface area contributed by atoms with Gasteiger partial charge in [0.05, 0.1) is 16.7 Å². The lowest BCUT2D eigenvalue weighted by atomic mass is 10.0. The summed E-state index contributed by atoms with van der Waals surface area (Å²) in [5.41, 5.74) is 3.80. The second kappa shape index (κ2) is 8.10. The Bertz CT molecular complexity index is 1140. The van der Waals surface area contributed by atoms with Crippen molar-refractivity contribution in [3.05, 3.63) is 68.6 Å². The highest BCUT2D eigenvalue weighted by molar-refractivity contribution is 6.31. The van der Waals surface area contributed by atoms with Crippen molar-refractivity contribution >= 4 is 39.9 Å². The third-order valence-electron chi connectivity index (χ3n) is 5.98. The van der Waals surface area contributed by atoms with E-state index in [0.29, 0.717) is 5.02 Å². The lowest BCUT2D eigenvalue weighted by molar-refractivity contribution is 0.0856. The van der Waals surface area contributed by atoms with Gasteiger partial charge in [-0.3, -0.25) is 9.47 Å². The maximum absolute atomic E-state index is 12.5. The molecule has 0 amide bonds. The Hall–Kier alpha value is -2.28. The minimum Gasteiger partial charge on any atom is -0.387 e. The third-order valence-corrected chi connectivity index (χ3v) is 6.47. The third kappa shape index (κ3) is 3.87. The predicted molar refractivity (Wildman–Crippen MR) is 120 cm³/mol. The molecular weight excluding hydrogens is 423 g/mol. The van der Waals surface area contributed by atoms with Crippen LogP contribution in [0.15, 0.2) is 52.4 Å². The van der Waals surface area contributed by atoms with E-state index in [1.165, 1.54) is 0 Å². The molecule has 0 aliphatic carbocycles. The van der Waals surface area contributed by atoms with Gasteiger partial charge in [-0.05, 0) is 48.7 Å². The van der Waals surface area contributed by atoms with Crippen molar-refractivity contribution in [3.8, 4) is 0 Å². The number of H-pyrrole nitrogens is 1. The number of aromatic amines is 1. The molecule has 0 saturated carbocycles. The zero-order chi connectivity index (χ0) is 20.7. The SMILES string of the molecule is O=c1[nH]c2cc(Cl)ccc2n1C1CCN(CC2=NOC(c3ccc(Cl)cc3)C2)CC1. The molecule has 3 aromatic rings. The highest BCUT2D eigenvalue weighted by atomic mass is 35.5. The van der Waals surface area contributed by atoms with Crippen LogP contribution in [0.25, 0.3) is 11.0 Å². The number of hydrogen-bond acceptors (Lipinski definition) is 4. The highest BCUT2D eigenvalue weighted by Gasteiger charge is 2.28. The minimum atomic E-state index is -0.0647. The van der Waals surface area contributed by atoms with E-state index in [1.807, 2.05) is 41.0 Å². The Morgan fingerprint density at radius 3 is 2.57 bits per heavy atom. The molecule has 1 aromatic heterocycles. The van der Waals surface area contributed by atoms with Gasteiger partial charge >= 0.3 is 5.69 Å². The summed E-state index contributed by atoms with van der Waals surface area (Å²) in [6.07, 6.45) is 2.60. The molecule has 0 spiro atoms. The number of benzene rings is 2. The lowest BCUT2D eigenvalue weighted by Gasteiger charge is -2.32. The number of halogens is 2. The molecular formula is C22H22Cl2N4O2. The molecule has 8 heteroatoms. The van der Waals surface area contributed by atoms with E-state index in [0.717, 1.165) is 66.2 Å². The second-order valence-electron chi connectivity index (χ2n) is 7.98. The lowest BCUT2D eigenvalue weighted by Crippen LogP contribution is -2.39. The summed E-state index contributed by atoms with van der Waals surface area (Å²) in [6, 6.07) is 13.5. The maximum atomic E-state index is 12.5. The summed E-state index contributed by atoms with van der Waals surface area (Å²) in [4.78, 5) is 23.5. The van der Waals surface area contributed by atoms with Crippen LogP contribution in [0, 0.1) is 0 Å². The van der Waals surface area contributed by atoms with Gasteiger partial charge in [0, 0.05) is 42.1 Å². The number of hydrogen-bond donors (Lipinski definition) is 1. The van der Waals surface area contributed by atoms with E-state index in [9.17, 15) is 4.79 Å². The fourth-order valence-electron chi connectivity index (χ4n) is 4.44. The summed E-state index contributed by atoms with van der Waals surface area (Å²) in [7, 11) is 0. The van der Waals surface area contributed by atoms with E-state index in [2.05, 4.69) is 15.0 Å². The molecule has 1 unspecified atom stereocenters. The fraction of sp³-hybridized carbons (Fsp3) is 0.364. The first-order valence-electron chi connectivity index (χ1n) is 10.2. The van der Waals surface area contributed by atoms with Crippen molar-refractivity contribution in [2.75, 3.05) is 19.6 Å². The Labute approximate surface area is 184 Å². The van der Waals surface area contributed by atoms with Gasteiger partial charge in [0.15, 0.2) is 6.10 Å². The van der Waals surface area contributed by atoms with Gasteiger partial charge in [0.25, 0.3) is 0 Å². The number of nitrogens with one attached hydrogen (secondary N) is 1. The van der Waals surface area contributed by atoms with E-state index >= 15 is 0 Å². The number of piperidine rings is 1. The zero-order valence-electron chi connectivity index (χ0n) is 16.4. The normalized spacial score (nSPS) is 20.5. The molecule has 5 rings (SSSR count). The monoisotopic (exact) mass is 444 g/mol. The van der Waals surface area contributed by atoms with Crippen LogP contribution in [0.5, 0.6) is 0 Å². The number of aromatic nitrogens is 2. The first kappa shape index (κ1) is 19.7. The second-order valence-corrected chi connectivity index (χ2v) is 8.85. The molecule has 1 saturated heterocycles. The Morgan fingerprint density at radius 2 is 1.80 bits per heavy atom. The van der Waals surface area contributed by atoms with Crippen LogP contribution in [0.3, 0.4) is 0 Å². The molecule has 156 valence electrons. The number of rotatable bonds is 4. The molecule has 0 bridgehead atoms. The smallest absolute Gasteiger partial charge is 0.326 e. The van der Waals surface area contributed by atoms with Crippen LogP contribution >= 0.6 is 23.2 Å². The van der Waals surface area contributed by atoms with Crippen LogP contribution in [0.2, 0.25) is 10.0 Å². The molecule has 2 aliphatic heterocycles. The van der Waals surface area contributed by atoms with E-state index in [1.54, 1.807) is 6.07 Å². The predicted octanol–water partition coefficient (Wildman–Crippen LogP) is 4.79. The summed E-state index contributed by atoms with van der Waals surface area (Å²) < 4.78 is 1.88. The summed E-state index contributed by atoms with van der Waals surface area (Å²) in [6.45, 7) is 2.64. The van der Waals surface area contributed by atoms with Crippen molar-refractivity contribution in [1.82, 2.24) is 14.5 Å².